The highest BCUT2D eigenvalue weighted by atomic mass is 16.6. The molecule has 0 saturated heterocycles. The van der Waals surface area contributed by atoms with E-state index in [1.54, 1.807) is 6.08 Å². The molecule has 0 aromatic rings. The van der Waals surface area contributed by atoms with Gasteiger partial charge in [-0.2, -0.15) is 0 Å². The molecule has 1 N–H and O–H groups in total. The highest BCUT2D eigenvalue weighted by Gasteiger charge is 2.36. The molecular weight excluding hydrogens is 244 g/mol. The number of carbonyl (C=O) groups is 2. The molecule has 1 rings (SSSR count). The van der Waals surface area contributed by atoms with Crippen molar-refractivity contribution in [1.82, 2.24) is 0 Å². The molecule has 0 aliphatic heterocycles. The monoisotopic (exact) mass is 268 g/mol. The fourth-order valence-corrected chi connectivity index (χ4v) is 2.47. The van der Waals surface area contributed by atoms with Gasteiger partial charge in [0.2, 0.25) is 0 Å². The molecule has 1 atom stereocenters. The number of esters is 1. The van der Waals surface area contributed by atoms with Crippen LogP contribution in [0.3, 0.4) is 0 Å². The van der Waals surface area contributed by atoms with Crippen LogP contribution in [-0.4, -0.2) is 22.6 Å². The highest BCUT2D eigenvalue weighted by Crippen LogP contribution is 2.43. The molecule has 0 radical (unpaired) electrons. The van der Waals surface area contributed by atoms with Gasteiger partial charge in [0.05, 0.1) is 5.92 Å². The smallest absolute Gasteiger partial charge is 0.331 e. The summed E-state index contributed by atoms with van der Waals surface area (Å²) < 4.78 is 5.28. The zero-order valence-electron chi connectivity index (χ0n) is 12.4. The minimum atomic E-state index is -0.746. The lowest BCUT2D eigenvalue weighted by atomic mass is 9.68. The van der Waals surface area contributed by atoms with E-state index >= 15 is 0 Å². The first kappa shape index (κ1) is 15.7. The summed E-state index contributed by atoms with van der Waals surface area (Å²) in [6.45, 7) is 9.46. The van der Waals surface area contributed by atoms with Crippen LogP contribution in [0.5, 0.6) is 0 Å². The summed E-state index contributed by atoms with van der Waals surface area (Å²) in [5.74, 6) is -1.40. The van der Waals surface area contributed by atoms with E-state index in [2.05, 4.69) is 0 Å². The number of carboxylic acid groups (broad SMARTS) is 1. The SMILES string of the molecule is CC(C)(C)OC(=O)C=C1CCC(C(=O)O)CC1(C)C. The number of rotatable bonds is 2. The number of hydrogen-bond acceptors (Lipinski definition) is 3. The molecular formula is C15H24O4. The van der Waals surface area contributed by atoms with Crippen LogP contribution in [0, 0.1) is 11.3 Å². The van der Waals surface area contributed by atoms with Gasteiger partial charge in [0.1, 0.15) is 5.60 Å². The van der Waals surface area contributed by atoms with Crippen LogP contribution in [0.1, 0.15) is 53.9 Å². The molecule has 0 aromatic heterocycles. The lowest BCUT2D eigenvalue weighted by molar-refractivity contribution is -0.148. The van der Waals surface area contributed by atoms with Crippen molar-refractivity contribution in [1.29, 1.82) is 0 Å². The van der Waals surface area contributed by atoms with Crippen LogP contribution >= 0.6 is 0 Å². The zero-order valence-corrected chi connectivity index (χ0v) is 12.4. The summed E-state index contributed by atoms with van der Waals surface area (Å²) in [4.78, 5) is 22.9. The van der Waals surface area contributed by atoms with Crippen molar-refractivity contribution >= 4 is 11.9 Å². The summed E-state index contributed by atoms with van der Waals surface area (Å²) in [6.07, 6.45) is 3.34. The number of hydrogen-bond donors (Lipinski definition) is 1. The van der Waals surface area contributed by atoms with Gasteiger partial charge in [-0.3, -0.25) is 4.79 Å². The molecule has 1 aliphatic rings. The van der Waals surface area contributed by atoms with Gasteiger partial charge in [-0.1, -0.05) is 19.4 Å². The molecule has 4 nitrogen and oxygen atoms in total. The second-order valence-corrected chi connectivity index (χ2v) is 6.86. The first-order valence-electron chi connectivity index (χ1n) is 6.68. The zero-order chi connectivity index (χ0) is 14.8. The van der Waals surface area contributed by atoms with Crippen LogP contribution < -0.4 is 0 Å². The van der Waals surface area contributed by atoms with Gasteiger partial charge in [-0.15, -0.1) is 0 Å². The normalized spacial score (nSPS) is 25.1. The number of aliphatic carboxylic acids is 1. The minimum absolute atomic E-state index is 0.266. The fraction of sp³-hybridized carbons (Fsp3) is 0.733. The van der Waals surface area contributed by atoms with Crippen LogP contribution in [0.2, 0.25) is 0 Å². The Balaban J connectivity index is 2.79. The van der Waals surface area contributed by atoms with E-state index in [-0.39, 0.29) is 17.3 Å². The Morgan fingerprint density at radius 1 is 1.37 bits per heavy atom. The third kappa shape index (κ3) is 4.69. The van der Waals surface area contributed by atoms with Crippen molar-refractivity contribution in [3.8, 4) is 0 Å². The predicted octanol–water partition coefficient (Wildman–Crippen LogP) is 3.17. The second-order valence-electron chi connectivity index (χ2n) is 6.86. The maximum absolute atomic E-state index is 11.8. The van der Waals surface area contributed by atoms with E-state index in [1.807, 2.05) is 34.6 Å². The quantitative estimate of drug-likeness (QED) is 0.617. The Bertz CT molecular complexity index is 399. The topological polar surface area (TPSA) is 63.6 Å². The molecule has 0 bridgehead atoms. The second kappa shape index (κ2) is 5.35. The van der Waals surface area contributed by atoms with Crippen molar-refractivity contribution in [3.05, 3.63) is 11.6 Å². The summed E-state index contributed by atoms with van der Waals surface area (Å²) >= 11 is 0. The van der Waals surface area contributed by atoms with Gasteiger partial charge in [0.25, 0.3) is 0 Å². The molecule has 1 unspecified atom stereocenters. The number of carbonyl (C=O) groups excluding carboxylic acids is 1. The maximum atomic E-state index is 11.8. The average molecular weight is 268 g/mol. The standard InChI is InChI=1S/C15H24O4/c1-14(2,3)19-12(16)8-11-7-6-10(13(17)18)9-15(11,4)5/h8,10H,6-7,9H2,1-5H3,(H,17,18). The Hall–Kier alpha value is -1.32. The molecule has 108 valence electrons. The van der Waals surface area contributed by atoms with Gasteiger partial charge in [0, 0.05) is 6.08 Å². The Kier molecular flexibility index (Phi) is 4.43. The maximum Gasteiger partial charge on any atom is 0.331 e. The Morgan fingerprint density at radius 3 is 2.37 bits per heavy atom. The van der Waals surface area contributed by atoms with Crippen LogP contribution in [0.25, 0.3) is 0 Å². The molecule has 0 heterocycles. The van der Waals surface area contributed by atoms with Gasteiger partial charge in [-0.25, -0.2) is 4.79 Å². The van der Waals surface area contributed by atoms with Crippen molar-refractivity contribution in [2.24, 2.45) is 11.3 Å². The van der Waals surface area contributed by atoms with Gasteiger partial charge < -0.3 is 9.84 Å². The van der Waals surface area contributed by atoms with Gasteiger partial charge in [0.15, 0.2) is 0 Å². The average Bonchev–Trinajstić information content (AvgIpc) is 2.17. The summed E-state index contributed by atoms with van der Waals surface area (Å²) in [6, 6.07) is 0. The van der Waals surface area contributed by atoms with Crippen molar-refractivity contribution in [3.63, 3.8) is 0 Å². The lowest BCUT2D eigenvalue weighted by Crippen LogP contribution is -2.31. The fourth-order valence-electron chi connectivity index (χ4n) is 2.47. The van der Waals surface area contributed by atoms with Crippen molar-refractivity contribution < 1.29 is 19.4 Å². The van der Waals surface area contributed by atoms with E-state index in [4.69, 9.17) is 9.84 Å². The van der Waals surface area contributed by atoms with Crippen molar-refractivity contribution in [2.75, 3.05) is 0 Å². The largest absolute Gasteiger partial charge is 0.481 e. The molecule has 19 heavy (non-hydrogen) atoms. The van der Waals surface area contributed by atoms with E-state index < -0.39 is 11.6 Å². The van der Waals surface area contributed by atoms with E-state index in [0.717, 1.165) is 5.57 Å². The molecule has 1 saturated carbocycles. The van der Waals surface area contributed by atoms with Gasteiger partial charge >= 0.3 is 11.9 Å². The van der Waals surface area contributed by atoms with Crippen LogP contribution in [0.15, 0.2) is 11.6 Å². The predicted molar refractivity (Wildman–Crippen MR) is 72.7 cm³/mol. The molecule has 0 amide bonds. The minimum Gasteiger partial charge on any atom is -0.481 e. The molecule has 0 aromatic carbocycles. The number of ether oxygens (including phenoxy) is 1. The van der Waals surface area contributed by atoms with E-state index in [9.17, 15) is 9.59 Å². The van der Waals surface area contributed by atoms with Crippen LogP contribution in [0.4, 0.5) is 0 Å². The lowest BCUT2D eigenvalue weighted by Gasteiger charge is -2.36. The third-order valence-corrected chi connectivity index (χ3v) is 3.44. The third-order valence-electron chi connectivity index (χ3n) is 3.44. The van der Waals surface area contributed by atoms with Crippen LogP contribution in [-0.2, 0) is 14.3 Å². The Morgan fingerprint density at radius 2 is 1.95 bits per heavy atom. The first-order valence-corrected chi connectivity index (χ1v) is 6.68. The summed E-state index contributed by atoms with van der Waals surface area (Å²) in [5, 5.41) is 9.08. The summed E-state index contributed by atoms with van der Waals surface area (Å²) in [5.41, 5.74) is 0.216. The molecule has 1 aliphatic carbocycles. The summed E-state index contributed by atoms with van der Waals surface area (Å²) in [7, 11) is 0. The molecule has 0 spiro atoms. The van der Waals surface area contributed by atoms with E-state index in [0.29, 0.717) is 19.3 Å². The number of allylic oxidation sites excluding steroid dienone is 1. The van der Waals surface area contributed by atoms with E-state index in [1.165, 1.54) is 0 Å². The van der Waals surface area contributed by atoms with Gasteiger partial charge in [-0.05, 0) is 45.4 Å². The Labute approximate surface area is 114 Å². The molecule has 1 fully saturated rings. The highest BCUT2D eigenvalue weighted by molar-refractivity contribution is 5.83. The first-order chi connectivity index (χ1) is 8.51. The van der Waals surface area contributed by atoms with Crippen molar-refractivity contribution in [2.45, 2.75) is 59.5 Å². The molecule has 4 heteroatoms. The number of carboxylic acids is 1.